The Morgan fingerprint density at radius 3 is 2.73 bits per heavy atom. The SMILES string of the molecule is CC1(C)c2ccccc2N(CCO)[C@]12C=Cc1cc([N+](=O)[O-])ccc1O2. The van der Waals surface area contributed by atoms with Crippen LogP contribution in [0.1, 0.15) is 25.0 Å². The highest BCUT2D eigenvalue weighted by molar-refractivity contribution is 5.73. The van der Waals surface area contributed by atoms with Gasteiger partial charge in [-0.3, -0.25) is 10.1 Å². The third-order valence-corrected chi connectivity index (χ3v) is 5.45. The fraction of sp³-hybridized carbons (Fsp3) is 0.300. The normalized spacial score (nSPS) is 22.0. The molecule has 26 heavy (non-hydrogen) atoms. The van der Waals surface area contributed by atoms with Gasteiger partial charge in [-0.2, -0.15) is 0 Å². The van der Waals surface area contributed by atoms with Crippen LogP contribution in [0, 0.1) is 10.1 Å². The lowest BCUT2D eigenvalue weighted by Gasteiger charge is -2.47. The van der Waals surface area contributed by atoms with Crippen LogP contribution in [-0.4, -0.2) is 28.9 Å². The molecular weight excluding hydrogens is 332 g/mol. The predicted octanol–water partition coefficient (Wildman–Crippen LogP) is 3.49. The Hall–Kier alpha value is -2.86. The number of anilines is 1. The van der Waals surface area contributed by atoms with Gasteiger partial charge in [0.1, 0.15) is 5.75 Å². The van der Waals surface area contributed by atoms with Crippen LogP contribution in [-0.2, 0) is 5.41 Å². The van der Waals surface area contributed by atoms with Gasteiger partial charge in [-0.15, -0.1) is 0 Å². The number of para-hydroxylation sites is 1. The molecule has 4 rings (SSSR count). The topological polar surface area (TPSA) is 75.8 Å². The third kappa shape index (κ3) is 2.08. The first-order valence-electron chi connectivity index (χ1n) is 8.55. The Morgan fingerprint density at radius 1 is 1.23 bits per heavy atom. The monoisotopic (exact) mass is 352 g/mol. The Balaban J connectivity index is 1.86. The van der Waals surface area contributed by atoms with E-state index < -0.39 is 10.6 Å². The van der Waals surface area contributed by atoms with Gasteiger partial charge in [0.25, 0.3) is 5.69 Å². The summed E-state index contributed by atoms with van der Waals surface area (Å²) in [5.41, 5.74) is 1.71. The number of fused-ring (bicyclic) bond motifs is 2. The summed E-state index contributed by atoms with van der Waals surface area (Å²) >= 11 is 0. The van der Waals surface area contributed by atoms with E-state index in [4.69, 9.17) is 4.74 Å². The summed E-state index contributed by atoms with van der Waals surface area (Å²) in [5, 5.41) is 20.7. The standard InChI is InChI=1S/C20H20N2O4/c1-19(2)16-5-3-4-6-17(16)21(11-12-23)20(19)10-9-14-13-15(22(24)25)7-8-18(14)26-20/h3-10,13,23H,11-12H2,1-2H3/t20-/m0/s1. The molecule has 2 heterocycles. The maximum atomic E-state index is 11.0. The van der Waals surface area contributed by atoms with Gasteiger partial charge >= 0.3 is 0 Å². The number of nitro groups is 1. The summed E-state index contributed by atoms with van der Waals surface area (Å²) in [6.07, 6.45) is 3.83. The summed E-state index contributed by atoms with van der Waals surface area (Å²) in [6.45, 7) is 4.65. The van der Waals surface area contributed by atoms with Gasteiger partial charge in [-0.05, 0) is 43.7 Å². The Morgan fingerprint density at radius 2 is 2.00 bits per heavy atom. The fourth-order valence-electron chi connectivity index (χ4n) is 4.09. The fourth-order valence-corrected chi connectivity index (χ4v) is 4.09. The van der Waals surface area contributed by atoms with Crippen LogP contribution in [0.25, 0.3) is 6.08 Å². The van der Waals surface area contributed by atoms with Crippen molar-refractivity contribution in [3.05, 3.63) is 69.8 Å². The second-order valence-corrected chi connectivity index (χ2v) is 7.13. The number of nitro benzene ring substituents is 1. The van der Waals surface area contributed by atoms with Gasteiger partial charge in [-0.1, -0.05) is 18.2 Å². The van der Waals surface area contributed by atoms with Crippen molar-refractivity contribution in [3.8, 4) is 5.75 Å². The van der Waals surface area contributed by atoms with E-state index in [1.807, 2.05) is 30.4 Å². The molecule has 134 valence electrons. The van der Waals surface area contributed by atoms with Crippen molar-refractivity contribution in [2.24, 2.45) is 0 Å². The van der Waals surface area contributed by atoms with Crippen LogP contribution in [0.5, 0.6) is 5.75 Å². The number of benzene rings is 2. The molecule has 1 atom stereocenters. The quantitative estimate of drug-likeness (QED) is 0.676. The molecule has 0 radical (unpaired) electrons. The average Bonchev–Trinajstić information content (AvgIpc) is 2.81. The van der Waals surface area contributed by atoms with E-state index in [0.717, 1.165) is 11.3 Å². The van der Waals surface area contributed by atoms with E-state index in [0.29, 0.717) is 17.9 Å². The Labute approximate surface area is 151 Å². The molecule has 0 bridgehead atoms. The smallest absolute Gasteiger partial charge is 0.270 e. The van der Waals surface area contributed by atoms with Gasteiger partial charge < -0.3 is 14.7 Å². The maximum Gasteiger partial charge on any atom is 0.270 e. The molecule has 0 fully saturated rings. The van der Waals surface area contributed by atoms with Crippen molar-refractivity contribution >= 4 is 17.5 Å². The van der Waals surface area contributed by atoms with Crippen molar-refractivity contribution in [2.45, 2.75) is 25.0 Å². The summed E-state index contributed by atoms with van der Waals surface area (Å²) < 4.78 is 6.48. The van der Waals surface area contributed by atoms with E-state index in [2.05, 4.69) is 24.8 Å². The first-order valence-corrected chi connectivity index (χ1v) is 8.55. The zero-order valence-corrected chi connectivity index (χ0v) is 14.7. The minimum Gasteiger partial charge on any atom is -0.463 e. The van der Waals surface area contributed by atoms with Crippen LogP contribution < -0.4 is 9.64 Å². The van der Waals surface area contributed by atoms with Crippen molar-refractivity contribution in [3.63, 3.8) is 0 Å². The highest BCUT2D eigenvalue weighted by Gasteiger charge is 2.58. The van der Waals surface area contributed by atoms with Crippen molar-refractivity contribution < 1.29 is 14.8 Å². The molecule has 0 amide bonds. The number of ether oxygens (including phenoxy) is 1. The van der Waals surface area contributed by atoms with Gasteiger partial charge in [-0.25, -0.2) is 0 Å². The maximum absolute atomic E-state index is 11.0. The average molecular weight is 352 g/mol. The molecule has 2 aliphatic rings. The number of aliphatic hydroxyl groups is 1. The number of aliphatic hydroxyl groups excluding tert-OH is 1. The highest BCUT2D eigenvalue weighted by atomic mass is 16.6. The molecule has 2 aliphatic heterocycles. The minimum atomic E-state index is -0.803. The zero-order chi connectivity index (χ0) is 18.5. The first-order chi connectivity index (χ1) is 12.4. The van der Waals surface area contributed by atoms with E-state index >= 15 is 0 Å². The van der Waals surface area contributed by atoms with Gasteiger partial charge in [0.15, 0.2) is 0 Å². The predicted molar refractivity (Wildman–Crippen MR) is 99.4 cm³/mol. The largest absolute Gasteiger partial charge is 0.463 e. The number of non-ortho nitro benzene ring substituents is 1. The molecule has 0 unspecified atom stereocenters. The minimum absolute atomic E-state index is 0.00349. The lowest BCUT2D eigenvalue weighted by atomic mass is 9.76. The molecule has 0 saturated heterocycles. The summed E-state index contributed by atoms with van der Waals surface area (Å²) in [5.74, 6) is 0.599. The van der Waals surface area contributed by atoms with E-state index in [9.17, 15) is 15.2 Å². The number of nitrogens with zero attached hydrogens (tertiary/aromatic N) is 2. The van der Waals surface area contributed by atoms with Gasteiger partial charge in [0.05, 0.1) is 16.9 Å². The lowest BCUT2D eigenvalue weighted by molar-refractivity contribution is -0.384. The molecular formula is C20H20N2O4. The molecule has 6 heteroatoms. The second-order valence-electron chi connectivity index (χ2n) is 7.13. The van der Waals surface area contributed by atoms with Crippen molar-refractivity contribution in [1.29, 1.82) is 0 Å². The highest BCUT2D eigenvalue weighted by Crippen LogP contribution is 2.54. The van der Waals surface area contributed by atoms with Gasteiger partial charge in [0.2, 0.25) is 5.72 Å². The van der Waals surface area contributed by atoms with Crippen LogP contribution in [0.2, 0.25) is 0 Å². The van der Waals surface area contributed by atoms with E-state index in [1.165, 1.54) is 12.1 Å². The molecule has 1 N–H and O–H groups in total. The van der Waals surface area contributed by atoms with Crippen LogP contribution in [0.15, 0.2) is 48.5 Å². The van der Waals surface area contributed by atoms with Crippen LogP contribution in [0.3, 0.4) is 0 Å². The van der Waals surface area contributed by atoms with E-state index in [1.54, 1.807) is 6.07 Å². The molecule has 0 saturated carbocycles. The summed E-state index contributed by atoms with van der Waals surface area (Å²) in [4.78, 5) is 12.7. The molecule has 1 spiro atoms. The lowest BCUT2D eigenvalue weighted by Crippen LogP contribution is -2.60. The van der Waals surface area contributed by atoms with Crippen molar-refractivity contribution in [1.82, 2.24) is 0 Å². The van der Waals surface area contributed by atoms with Crippen LogP contribution in [0.4, 0.5) is 11.4 Å². The Kier molecular flexibility index (Phi) is 3.56. The Bertz CT molecular complexity index is 922. The molecule has 2 aromatic rings. The number of hydrogen-bond acceptors (Lipinski definition) is 5. The molecule has 2 aromatic carbocycles. The number of β-amino-alcohol motifs (C(OH)–C–C–N with tert-alkyl or cyclic N) is 1. The summed E-state index contributed by atoms with van der Waals surface area (Å²) in [6, 6.07) is 12.7. The number of hydrogen-bond donors (Lipinski definition) is 1. The van der Waals surface area contributed by atoms with Crippen molar-refractivity contribution in [2.75, 3.05) is 18.1 Å². The zero-order valence-electron chi connectivity index (χ0n) is 14.7. The van der Waals surface area contributed by atoms with Gasteiger partial charge in [0, 0.05) is 29.9 Å². The molecule has 0 aliphatic carbocycles. The molecule has 0 aromatic heterocycles. The van der Waals surface area contributed by atoms with Crippen LogP contribution >= 0.6 is 0 Å². The molecule has 6 nitrogen and oxygen atoms in total. The number of rotatable bonds is 3. The summed E-state index contributed by atoms with van der Waals surface area (Å²) in [7, 11) is 0. The first kappa shape index (κ1) is 16.6. The third-order valence-electron chi connectivity index (χ3n) is 5.45. The second kappa shape index (κ2) is 5.57. The van der Waals surface area contributed by atoms with E-state index in [-0.39, 0.29) is 17.7 Å².